The molecule has 2 amide bonds. The third-order valence-corrected chi connectivity index (χ3v) is 6.05. The van der Waals surface area contributed by atoms with Gasteiger partial charge in [-0.25, -0.2) is 4.79 Å². The van der Waals surface area contributed by atoms with E-state index in [1.54, 1.807) is 4.90 Å². The van der Waals surface area contributed by atoms with Crippen LogP contribution in [0.3, 0.4) is 0 Å². The highest BCUT2D eigenvalue weighted by molar-refractivity contribution is 6.30. The number of nitrogens with one attached hydrogen (secondary N) is 1. The minimum atomic E-state index is -0.0249. The van der Waals surface area contributed by atoms with Crippen LogP contribution < -0.4 is 10.2 Å². The third-order valence-electron chi connectivity index (χ3n) is 5.79. The molecule has 1 aliphatic heterocycles. The van der Waals surface area contributed by atoms with Crippen LogP contribution in [0.2, 0.25) is 5.02 Å². The van der Waals surface area contributed by atoms with Crippen molar-refractivity contribution in [2.24, 2.45) is 5.92 Å². The van der Waals surface area contributed by atoms with E-state index in [4.69, 9.17) is 11.6 Å². The van der Waals surface area contributed by atoms with Gasteiger partial charge in [0.2, 0.25) is 0 Å². The smallest absolute Gasteiger partial charge is 0.317 e. The van der Waals surface area contributed by atoms with Crippen molar-refractivity contribution in [2.75, 3.05) is 25.0 Å². The molecule has 2 fully saturated rings. The molecule has 1 atom stereocenters. The van der Waals surface area contributed by atoms with Gasteiger partial charge in [-0.15, -0.1) is 0 Å². The van der Waals surface area contributed by atoms with Crippen molar-refractivity contribution >= 4 is 23.3 Å². The number of carbonyl (C=O) groups is 1. The first kappa shape index (κ1) is 19.1. The summed E-state index contributed by atoms with van der Waals surface area (Å²) in [5, 5.41) is 3.98. The quantitative estimate of drug-likeness (QED) is 0.724. The molecule has 5 heteroatoms. The number of amides is 2. The number of anilines is 1. The van der Waals surface area contributed by atoms with E-state index in [-0.39, 0.29) is 12.1 Å². The summed E-state index contributed by atoms with van der Waals surface area (Å²) in [5.41, 5.74) is 3.60. The van der Waals surface area contributed by atoms with E-state index < -0.39 is 0 Å². The van der Waals surface area contributed by atoms with E-state index in [1.165, 1.54) is 24.1 Å². The Labute approximate surface area is 172 Å². The molecule has 2 aromatic carbocycles. The number of benzene rings is 2. The van der Waals surface area contributed by atoms with Gasteiger partial charge in [0.25, 0.3) is 0 Å². The van der Waals surface area contributed by atoms with Gasteiger partial charge in [-0.3, -0.25) is 0 Å². The molecule has 0 bridgehead atoms. The van der Waals surface area contributed by atoms with Gasteiger partial charge in [0.15, 0.2) is 0 Å². The van der Waals surface area contributed by atoms with Crippen LogP contribution >= 0.6 is 11.6 Å². The molecule has 1 heterocycles. The predicted octanol–water partition coefficient (Wildman–Crippen LogP) is 5.23. The Hall–Kier alpha value is -2.20. The van der Waals surface area contributed by atoms with Gasteiger partial charge < -0.3 is 15.1 Å². The van der Waals surface area contributed by atoms with Crippen LogP contribution in [-0.2, 0) is 6.54 Å². The van der Waals surface area contributed by atoms with Gasteiger partial charge in [0.1, 0.15) is 0 Å². The molecule has 2 aromatic rings. The second-order valence-corrected chi connectivity index (χ2v) is 8.43. The normalized spacial score (nSPS) is 17.4. The zero-order chi connectivity index (χ0) is 19.5. The summed E-state index contributed by atoms with van der Waals surface area (Å²) in [5.74, 6) is 0.524. The number of para-hydroxylation sites is 1. The molecule has 1 saturated heterocycles. The number of carbonyl (C=O) groups excluding carboxylic acids is 1. The van der Waals surface area contributed by atoms with E-state index in [1.807, 2.05) is 31.3 Å². The number of rotatable bonds is 6. The average molecular weight is 398 g/mol. The highest BCUT2D eigenvalue weighted by Gasteiger charge is 2.34. The minimum Gasteiger partial charge on any atom is -0.371 e. The molecule has 0 spiro atoms. The van der Waals surface area contributed by atoms with Crippen LogP contribution in [0.4, 0.5) is 10.5 Å². The minimum absolute atomic E-state index is 0.0249. The molecular weight excluding hydrogens is 370 g/mol. The largest absolute Gasteiger partial charge is 0.371 e. The Morgan fingerprint density at radius 2 is 1.82 bits per heavy atom. The van der Waals surface area contributed by atoms with Gasteiger partial charge in [-0.2, -0.15) is 0 Å². The summed E-state index contributed by atoms with van der Waals surface area (Å²) >= 11 is 6.03. The van der Waals surface area contributed by atoms with Crippen molar-refractivity contribution in [3.63, 3.8) is 0 Å². The molecule has 1 unspecified atom stereocenters. The van der Waals surface area contributed by atoms with E-state index in [0.29, 0.717) is 12.5 Å². The lowest BCUT2D eigenvalue weighted by molar-refractivity contribution is 0.201. The number of hydrogen-bond acceptors (Lipinski definition) is 2. The van der Waals surface area contributed by atoms with E-state index in [2.05, 4.69) is 34.5 Å². The Morgan fingerprint density at radius 3 is 2.50 bits per heavy atom. The fraction of sp³-hybridized carbons (Fsp3) is 0.435. The summed E-state index contributed by atoms with van der Waals surface area (Å²) in [7, 11) is 1.88. The molecule has 1 aliphatic carbocycles. The zero-order valence-corrected chi connectivity index (χ0v) is 17.2. The Kier molecular flexibility index (Phi) is 5.77. The van der Waals surface area contributed by atoms with Crippen LogP contribution in [0.15, 0.2) is 48.5 Å². The van der Waals surface area contributed by atoms with Crippen LogP contribution in [-0.4, -0.2) is 31.1 Å². The van der Waals surface area contributed by atoms with E-state index in [9.17, 15) is 4.79 Å². The lowest BCUT2D eigenvalue weighted by atomic mass is 10.0. The van der Waals surface area contributed by atoms with Crippen molar-refractivity contribution in [2.45, 2.75) is 38.3 Å². The maximum Gasteiger partial charge on any atom is 0.317 e. The first-order valence-electron chi connectivity index (χ1n) is 10.2. The van der Waals surface area contributed by atoms with Crippen LogP contribution in [0.5, 0.6) is 0 Å². The maximum absolute atomic E-state index is 12.9. The fourth-order valence-electron chi connectivity index (χ4n) is 4.05. The van der Waals surface area contributed by atoms with Crippen LogP contribution in [0.25, 0.3) is 0 Å². The zero-order valence-electron chi connectivity index (χ0n) is 16.4. The summed E-state index contributed by atoms with van der Waals surface area (Å²) in [4.78, 5) is 17.2. The summed E-state index contributed by atoms with van der Waals surface area (Å²) in [6.45, 7) is 2.82. The second-order valence-electron chi connectivity index (χ2n) is 8.00. The second kappa shape index (κ2) is 8.44. The number of hydrogen-bond donors (Lipinski definition) is 1. The average Bonchev–Trinajstić information content (AvgIpc) is 3.40. The van der Waals surface area contributed by atoms with Gasteiger partial charge in [-0.1, -0.05) is 41.9 Å². The third kappa shape index (κ3) is 4.44. The highest BCUT2D eigenvalue weighted by Crippen LogP contribution is 2.41. The first-order chi connectivity index (χ1) is 13.6. The van der Waals surface area contributed by atoms with Crippen molar-refractivity contribution < 1.29 is 4.79 Å². The predicted molar refractivity (Wildman–Crippen MR) is 115 cm³/mol. The highest BCUT2D eigenvalue weighted by atomic mass is 35.5. The maximum atomic E-state index is 12.9. The topological polar surface area (TPSA) is 35.6 Å². The van der Waals surface area contributed by atoms with Crippen molar-refractivity contribution in [1.29, 1.82) is 0 Å². The van der Waals surface area contributed by atoms with Crippen LogP contribution in [0.1, 0.15) is 42.9 Å². The summed E-state index contributed by atoms with van der Waals surface area (Å²) < 4.78 is 0. The molecular formula is C23H28ClN3O. The van der Waals surface area contributed by atoms with Crippen molar-refractivity contribution in [3.05, 3.63) is 64.7 Å². The first-order valence-corrected chi connectivity index (χ1v) is 10.6. The molecule has 2 aliphatic rings. The number of urea groups is 1. The van der Waals surface area contributed by atoms with Crippen molar-refractivity contribution in [1.82, 2.24) is 10.2 Å². The Balaban J connectivity index is 1.44. The molecule has 4 rings (SSSR count). The number of nitrogens with zero attached hydrogens (tertiary/aromatic N) is 2. The standard InChI is InChI=1S/C23H28ClN3O/c1-26(16-19-6-2-3-7-21(19)27-14-4-5-15-27)23(28)25-22(17-8-9-17)18-10-12-20(24)13-11-18/h2-3,6-7,10-13,17,22H,4-5,8-9,14-16H2,1H3,(H,25,28). The van der Waals surface area contributed by atoms with E-state index >= 15 is 0 Å². The molecule has 4 nitrogen and oxygen atoms in total. The molecule has 1 saturated carbocycles. The summed E-state index contributed by atoms with van der Waals surface area (Å²) in [6, 6.07) is 16.3. The Bertz CT molecular complexity index is 813. The monoisotopic (exact) mass is 397 g/mol. The Morgan fingerprint density at radius 1 is 1.14 bits per heavy atom. The van der Waals surface area contributed by atoms with Gasteiger partial charge >= 0.3 is 6.03 Å². The lowest BCUT2D eigenvalue weighted by Gasteiger charge is -2.27. The van der Waals surface area contributed by atoms with Gasteiger partial charge in [0.05, 0.1) is 6.04 Å². The number of halogens is 1. The van der Waals surface area contributed by atoms with E-state index in [0.717, 1.165) is 36.5 Å². The SMILES string of the molecule is CN(Cc1ccccc1N1CCCC1)C(=O)NC(c1ccc(Cl)cc1)C1CC1. The molecule has 0 aromatic heterocycles. The van der Waals surface area contributed by atoms with Crippen LogP contribution in [0, 0.1) is 5.92 Å². The van der Waals surface area contributed by atoms with Crippen molar-refractivity contribution in [3.8, 4) is 0 Å². The molecule has 0 radical (unpaired) electrons. The molecule has 28 heavy (non-hydrogen) atoms. The van der Waals surface area contributed by atoms with Gasteiger partial charge in [-0.05, 0) is 60.9 Å². The summed E-state index contributed by atoms with van der Waals surface area (Å²) in [6.07, 6.45) is 4.81. The van der Waals surface area contributed by atoms with Gasteiger partial charge in [0, 0.05) is 37.4 Å². The molecule has 1 N–H and O–H groups in total. The lowest BCUT2D eigenvalue weighted by Crippen LogP contribution is -2.40. The fourth-order valence-corrected chi connectivity index (χ4v) is 4.18. The molecule has 148 valence electrons.